The van der Waals surface area contributed by atoms with Gasteiger partial charge in [-0.05, 0) is 24.6 Å². The van der Waals surface area contributed by atoms with Gasteiger partial charge in [-0.2, -0.15) is 0 Å². The Hall–Kier alpha value is -2.07. The summed E-state index contributed by atoms with van der Waals surface area (Å²) in [4.78, 5) is 8.47. The molecule has 0 aliphatic heterocycles. The van der Waals surface area contributed by atoms with Crippen molar-refractivity contribution < 1.29 is 9.15 Å². The highest BCUT2D eigenvalue weighted by Crippen LogP contribution is 2.32. The number of hydrogen-bond donors (Lipinski definition) is 0. The first-order chi connectivity index (χ1) is 9.19. The summed E-state index contributed by atoms with van der Waals surface area (Å²) < 4.78 is 11.0. The Morgan fingerprint density at radius 3 is 2.95 bits per heavy atom. The van der Waals surface area contributed by atoms with E-state index in [0.717, 1.165) is 16.6 Å². The van der Waals surface area contributed by atoms with Crippen molar-refractivity contribution in [3.05, 3.63) is 41.2 Å². The zero-order valence-electron chi connectivity index (χ0n) is 10.5. The van der Waals surface area contributed by atoms with Crippen molar-refractivity contribution in [2.75, 3.05) is 7.11 Å². The summed E-state index contributed by atoms with van der Waals surface area (Å²) in [7, 11) is 1.59. The maximum absolute atomic E-state index is 6.08. The normalized spacial score (nSPS) is 10.9. The van der Waals surface area contributed by atoms with Crippen LogP contribution in [0.3, 0.4) is 0 Å². The molecule has 0 fully saturated rings. The first-order valence-corrected chi connectivity index (χ1v) is 6.12. The molecular weight excluding hydrogens is 264 g/mol. The number of rotatable bonds is 2. The average molecular weight is 275 g/mol. The lowest BCUT2D eigenvalue weighted by Crippen LogP contribution is -1.88. The van der Waals surface area contributed by atoms with Crippen LogP contribution in [0.5, 0.6) is 5.75 Å². The second-order valence-corrected chi connectivity index (χ2v) is 4.57. The van der Waals surface area contributed by atoms with E-state index in [1.165, 1.54) is 0 Å². The van der Waals surface area contributed by atoms with Crippen molar-refractivity contribution >= 4 is 22.7 Å². The number of nitrogens with zero attached hydrogens (tertiary/aromatic N) is 2. The van der Waals surface area contributed by atoms with Crippen molar-refractivity contribution in [1.29, 1.82) is 0 Å². The fourth-order valence-corrected chi connectivity index (χ4v) is 2.04. The van der Waals surface area contributed by atoms with Gasteiger partial charge in [-0.15, -0.1) is 0 Å². The molecule has 0 aliphatic carbocycles. The van der Waals surface area contributed by atoms with Crippen LogP contribution in [-0.2, 0) is 0 Å². The first kappa shape index (κ1) is 12.0. The molecule has 0 bridgehead atoms. The lowest BCUT2D eigenvalue weighted by molar-refractivity contribution is 0.413. The molecule has 4 nitrogen and oxygen atoms in total. The Morgan fingerprint density at radius 1 is 1.32 bits per heavy atom. The number of pyridine rings is 1. The van der Waals surface area contributed by atoms with Crippen LogP contribution in [-0.4, -0.2) is 17.1 Å². The second-order valence-electron chi connectivity index (χ2n) is 4.16. The molecule has 96 valence electrons. The summed E-state index contributed by atoms with van der Waals surface area (Å²) in [5.74, 6) is 1.12. The summed E-state index contributed by atoms with van der Waals surface area (Å²) in [6, 6.07) is 5.48. The van der Waals surface area contributed by atoms with Crippen molar-refractivity contribution in [3.8, 4) is 17.2 Å². The molecule has 2 aromatic heterocycles. The molecule has 0 saturated carbocycles. The molecule has 0 unspecified atom stereocenters. The summed E-state index contributed by atoms with van der Waals surface area (Å²) in [6.07, 6.45) is 3.30. The molecule has 0 atom stereocenters. The van der Waals surface area contributed by atoms with Crippen LogP contribution in [0.4, 0.5) is 0 Å². The van der Waals surface area contributed by atoms with Crippen LogP contribution in [0.25, 0.3) is 22.6 Å². The number of methoxy groups -OCH3 is 1. The fraction of sp³-hybridized carbons (Fsp3) is 0.143. The molecule has 1 aromatic carbocycles. The molecular formula is C14H11ClN2O2. The van der Waals surface area contributed by atoms with E-state index < -0.39 is 0 Å². The zero-order chi connectivity index (χ0) is 13.4. The topological polar surface area (TPSA) is 48.2 Å². The van der Waals surface area contributed by atoms with Gasteiger partial charge in [0.05, 0.1) is 18.9 Å². The number of aryl methyl sites for hydroxylation is 1. The van der Waals surface area contributed by atoms with Gasteiger partial charge in [-0.3, -0.25) is 4.98 Å². The standard InChI is InChI=1S/C14H11ClN2O2/c1-8-5-11-12(6-10(8)15)19-14(17-11)9-3-4-16-7-13(9)18-2/h3-7H,1-2H3. The summed E-state index contributed by atoms with van der Waals surface area (Å²) in [5.41, 5.74) is 3.17. The average Bonchev–Trinajstić information content (AvgIpc) is 2.82. The molecule has 0 aliphatic rings. The van der Waals surface area contributed by atoms with Crippen LogP contribution in [0.2, 0.25) is 5.02 Å². The maximum atomic E-state index is 6.08. The van der Waals surface area contributed by atoms with Gasteiger partial charge in [0.1, 0.15) is 11.3 Å². The van der Waals surface area contributed by atoms with Crippen LogP contribution in [0.15, 0.2) is 35.0 Å². The zero-order valence-corrected chi connectivity index (χ0v) is 11.2. The van der Waals surface area contributed by atoms with E-state index in [1.807, 2.05) is 13.0 Å². The largest absolute Gasteiger partial charge is 0.494 e. The van der Waals surface area contributed by atoms with Crippen LogP contribution >= 0.6 is 11.6 Å². The summed E-state index contributed by atoms with van der Waals surface area (Å²) in [6.45, 7) is 1.93. The van der Waals surface area contributed by atoms with Crippen LogP contribution in [0.1, 0.15) is 5.56 Å². The van der Waals surface area contributed by atoms with E-state index in [4.69, 9.17) is 20.8 Å². The molecule has 3 aromatic rings. The van der Waals surface area contributed by atoms with Gasteiger partial charge in [0.25, 0.3) is 0 Å². The number of aromatic nitrogens is 2. The molecule has 3 rings (SSSR count). The Kier molecular flexibility index (Phi) is 2.87. The van der Waals surface area contributed by atoms with Crippen molar-refractivity contribution in [1.82, 2.24) is 9.97 Å². The van der Waals surface area contributed by atoms with E-state index in [9.17, 15) is 0 Å². The lowest BCUT2D eigenvalue weighted by Gasteiger charge is -2.02. The number of oxazole rings is 1. The summed E-state index contributed by atoms with van der Waals surface area (Å²) >= 11 is 6.08. The van der Waals surface area contributed by atoms with Crippen molar-refractivity contribution in [2.24, 2.45) is 0 Å². The van der Waals surface area contributed by atoms with Gasteiger partial charge in [-0.1, -0.05) is 11.6 Å². The Labute approximate surface area is 115 Å². The highest BCUT2D eigenvalue weighted by molar-refractivity contribution is 6.32. The molecule has 19 heavy (non-hydrogen) atoms. The molecule has 0 N–H and O–H groups in total. The summed E-state index contributed by atoms with van der Waals surface area (Å²) in [5, 5.41) is 0.664. The molecule has 0 amide bonds. The van der Waals surface area contributed by atoms with Gasteiger partial charge < -0.3 is 9.15 Å². The molecule has 0 saturated heterocycles. The third-order valence-corrected chi connectivity index (χ3v) is 3.31. The third kappa shape index (κ3) is 2.04. The third-order valence-electron chi connectivity index (χ3n) is 2.90. The smallest absolute Gasteiger partial charge is 0.231 e. The first-order valence-electron chi connectivity index (χ1n) is 5.74. The molecule has 2 heterocycles. The highest BCUT2D eigenvalue weighted by Gasteiger charge is 2.13. The molecule has 0 spiro atoms. The predicted octanol–water partition coefficient (Wildman–Crippen LogP) is 3.86. The lowest BCUT2D eigenvalue weighted by atomic mass is 10.2. The van der Waals surface area contributed by atoms with E-state index in [0.29, 0.717) is 22.2 Å². The fourth-order valence-electron chi connectivity index (χ4n) is 1.89. The maximum Gasteiger partial charge on any atom is 0.231 e. The van der Waals surface area contributed by atoms with Gasteiger partial charge in [0, 0.05) is 17.3 Å². The minimum absolute atomic E-state index is 0.496. The van der Waals surface area contributed by atoms with Crippen LogP contribution in [0, 0.1) is 6.92 Å². The van der Waals surface area contributed by atoms with Gasteiger partial charge in [0.2, 0.25) is 5.89 Å². The Bertz CT molecular complexity index is 713. The minimum Gasteiger partial charge on any atom is -0.494 e. The minimum atomic E-state index is 0.496. The van der Waals surface area contributed by atoms with Gasteiger partial charge in [0.15, 0.2) is 5.58 Å². The Balaban J connectivity index is 2.20. The van der Waals surface area contributed by atoms with Crippen molar-refractivity contribution in [2.45, 2.75) is 6.92 Å². The monoisotopic (exact) mass is 274 g/mol. The van der Waals surface area contributed by atoms with Gasteiger partial charge in [-0.25, -0.2) is 4.98 Å². The highest BCUT2D eigenvalue weighted by atomic mass is 35.5. The number of benzene rings is 1. The molecule has 0 radical (unpaired) electrons. The van der Waals surface area contributed by atoms with E-state index in [1.54, 1.807) is 31.6 Å². The second kappa shape index (κ2) is 4.55. The number of halogens is 1. The van der Waals surface area contributed by atoms with Crippen LogP contribution < -0.4 is 4.74 Å². The van der Waals surface area contributed by atoms with E-state index >= 15 is 0 Å². The quantitative estimate of drug-likeness (QED) is 0.712. The van der Waals surface area contributed by atoms with Gasteiger partial charge >= 0.3 is 0 Å². The predicted molar refractivity (Wildman–Crippen MR) is 73.5 cm³/mol. The number of fused-ring (bicyclic) bond motifs is 1. The SMILES string of the molecule is COc1cnccc1-c1nc2cc(C)c(Cl)cc2o1. The van der Waals surface area contributed by atoms with E-state index in [2.05, 4.69) is 9.97 Å². The number of hydrogen-bond acceptors (Lipinski definition) is 4. The number of ether oxygens (including phenoxy) is 1. The Morgan fingerprint density at radius 2 is 2.16 bits per heavy atom. The molecule has 5 heteroatoms. The van der Waals surface area contributed by atoms with Crippen molar-refractivity contribution in [3.63, 3.8) is 0 Å². The van der Waals surface area contributed by atoms with E-state index in [-0.39, 0.29) is 0 Å².